The van der Waals surface area contributed by atoms with Crippen LogP contribution in [0.25, 0.3) is 0 Å². The van der Waals surface area contributed by atoms with E-state index in [1.807, 2.05) is 0 Å². The molecule has 18 heavy (non-hydrogen) atoms. The van der Waals surface area contributed by atoms with Crippen molar-refractivity contribution in [3.8, 4) is 0 Å². The number of hydrogen-bond acceptors (Lipinski definition) is 4. The van der Waals surface area contributed by atoms with Gasteiger partial charge in [-0.05, 0) is 25.1 Å². The Morgan fingerprint density at radius 1 is 1.39 bits per heavy atom. The van der Waals surface area contributed by atoms with Crippen LogP contribution in [-0.2, 0) is 11.3 Å². The molecule has 1 rings (SSSR count). The number of unbranched alkanes of at least 4 members (excludes halogenated alkanes) is 3. The molecule has 1 heterocycles. The summed E-state index contributed by atoms with van der Waals surface area (Å²) in [6.45, 7) is 3.76. The Morgan fingerprint density at radius 2 is 2.22 bits per heavy atom. The Bertz CT molecular complexity index is 367. The van der Waals surface area contributed by atoms with Gasteiger partial charge in [0.1, 0.15) is 0 Å². The lowest BCUT2D eigenvalue weighted by atomic mass is 10.2. The molecule has 0 aliphatic heterocycles. The molecular formula is C14H22N2O2. The van der Waals surface area contributed by atoms with Gasteiger partial charge in [-0.3, -0.25) is 4.98 Å². The summed E-state index contributed by atoms with van der Waals surface area (Å²) in [7, 11) is 1.39. The summed E-state index contributed by atoms with van der Waals surface area (Å²) in [5.74, 6) is -0.328. The van der Waals surface area contributed by atoms with Crippen molar-refractivity contribution in [2.45, 2.75) is 39.2 Å². The Kier molecular flexibility index (Phi) is 7.03. The van der Waals surface area contributed by atoms with Crippen molar-refractivity contribution in [3.05, 3.63) is 29.6 Å². The number of aromatic nitrogens is 1. The second kappa shape index (κ2) is 8.64. The molecule has 0 saturated heterocycles. The van der Waals surface area contributed by atoms with Gasteiger partial charge in [0.05, 0.1) is 18.4 Å². The van der Waals surface area contributed by atoms with Gasteiger partial charge in [-0.15, -0.1) is 0 Å². The minimum absolute atomic E-state index is 0.328. The summed E-state index contributed by atoms with van der Waals surface area (Å²) >= 11 is 0. The molecule has 100 valence electrons. The molecular weight excluding hydrogens is 228 g/mol. The molecule has 0 spiro atoms. The Balaban J connectivity index is 2.39. The van der Waals surface area contributed by atoms with Gasteiger partial charge in [0.25, 0.3) is 0 Å². The van der Waals surface area contributed by atoms with Gasteiger partial charge in [-0.25, -0.2) is 4.79 Å². The van der Waals surface area contributed by atoms with Gasteiger partial charge in [-0.1, -0.05) is 26.2 Å². The topological polar surface area (TPSA) is 51.2 Å². The van der Waals surface area contributed by atoms with E-state index in [4.69, 9.17) is 4.74 Å². The van der Waals surface area contributed by atoms with E-state index in [2.05, 4.69) is 17.2 Å². The van der Waals surface area contributed by atoms with Gasteiger partial charge < -0.3 is 10.1 Å². The van der Waals surface area contributed by atoms with Gasteiger partial charge in [0, 0.05) is 12.7 Å². The van der Waals surface area contributed by atoms with Crippen molar-refractivity contribution < 1.29 is 9.53 Å². The molecule has 4 nitrogen and oxygen atoms in total. The number of rotatable bonds is 8. The van der Waals surface area contributed by atoms with Crippen molar-refractivity contribution in [1.29, 1.82) is 0 Å². The molecule has 0 atom stereocenters. The third-order valence-electron chi connectivity index (χ3n) is 2.80. The molecule has 1 aromatic heterocycles. The average molecular weight is 250 g/mol. The molecule has 1 N–H and O–H groups in total. The van der Waals surface area contributed by atoms with E-state index in [0.717, 1.165) is 18.7 Å². The highest BCUT2D eigenvalue weighted by Crippen LogP contribution is 2.06. The number of methoxy groups -OCH3 is 1. The fourth-order valence-corrected chi connectivity index (χ4v) is 1.76. The smallest absolute Gasteiger partial charge is 0.339 e. The van der Waals surface area contributed by atoms with Gasteiger partial charge in [0.15, 0.2) is 0 Å². The van der Waals surface area contributed by atoms with Crippen LogP contribution in [0.15, 0.2) is 18.3 Å². The maximum Gasteiger partial charge on any atom is 0.339 e. The molecule has 0 fully saturated rings. The largest absolute Gasteiger partial charge is 0.465 e. The van der Waals surface area contributed by atoms with E-state index < -0.39 is 0 Å². The second-order valence-corrected chi connectivity index (χ2v) is 4.23. The van der Waals surface area contributed by atoms with Crippen molar-refractivity contribution >= 4 is 5.97 Å². The molecule has 4 heteroatoms. The number of pyridine rings is 1. The van der Waals surface area contributed by atoms with Crippen molar-refractivity contribution in [2.75, 3.05) is 13.7 Å². The summed E-state index contributed by atoms with van der Waals surface area (Å²) in [4.78, 5) is 15.7. The third-order valence-corrected chi connectivity index (χ3v) is 2.80. The molecule has 0 amide bonds. The van der Waals surface area contributed by atoms with Crippen LogP contribution in [-0.4, -0.2) is 24.6 Å². The van der Waals surface area contributed by atoms with Crippen LogP contribution < -0.4 is 5.32 Å². The molecule has 0 bridgehead atoms. The first-order valence-electron chi connectivity index (χ1n) is 6.52. The van der Waals surface area contributed by atoms with Crippen LogP contribution in [0.2, 0.25) is 0 Å². The van der Waals surface area contributed by atoms with E-state index in [1.165, 1.54) is 26.4 Å². The maximum atomic E-state index is 11.5. The molecule has 0 radical (unpaired) electrons. The van der Waals surface area contributed by atoms with Crippen molar-refractivity contribution in [1.82, 2.24) is 10.3 Å². The lowest BCUT2D eigenvalue weighted by Crippen LogP contribution is -2.18. The third kappa shape index (κ3) is 4.84. The van der Waals surface area contributed by atoms with Crippen LogP contribution in [0, 0.1) is 0 Å². The summed E-state index contributed by atoms with van der Waals surface area (Å²) in [5.41, 5.74) is 1.29. The second-order valence-electron chi connectivity index (χ2n) is 4.23. The van der Waals surface area contributed by atoms with Crippen LogP contribution >= 0.6 is 0 Å². The summed E-state index contributed by atoms with van der Waals surface area (Å²) in [5, 5.41) is 3.31. The molecule has 0 aromatic carbocycles. The lowest BCUT2D eigenvalue weighted by Gasteiger charge is -2.08. The van der Waals surface area contributed by atoms with Gasteiger partial charge >= 0.3 is 5.97 Å². The van der Waals surface area contributed by atoms with Crippen molar-refractivity contribution in [3.63, 3.8) is 0 Å². The highest BCUT2D eigenvalue weighted by molar-refractivity contribution is 5.90. The minimum atomic E-state index is -0.328. The fourth-order valence-electron chi connectivity index (χ4n) is 1.76. The van der Waals surface area contributed by atoms with Crippen LogP contribution in [0.1, 0.15) is 48.7 Å². The summed E-state index contributed by atoms with van der Waals surface area (Å²) in [6, 6.07) is 3.49. The monoisotopic (exact) mass is 250 g/mol. The van der Waals surface area contributed by atoms with Crippen LogP contribution in [0.3, 0.4) is 0 Å². The Labute approximate surface area is 109 Å². The van der Waals surface area contributed by atoms with E-state index in [9.17, 15) is 4.79 Å². The van der Waals surface area contributed by atoms with Crippen LogP contribution in [0.4, 0.5) is 0 Å². The maximum absolute atomic E-state index is 11.5. The Morgan fingerprint density at radius 3 is 2.94 bits per heavy atom. The highest BCUT2D eigenvalue weighted by atomic mass is 16.5. The predicted molar refractivity (Wildman–Crippen MR) is 71.4 cm³/mol. The molecule has 0 unspecified atom stereocenters. The zero-order valence-corrected chi connectivity index (χ0v) is 11.2. The number of nitrogens with one attached hydrogen (secondary N) is 1. The molecule has 0 aliphatic rings. The first-order valence-corrected chi connectivity index (χ1v) is 6.52. The standard InChI is InChI=1S/C14H22N2O2/c1-3-4-5-6-9-15-11-13-12(14(17)18-2)8-7-10-16-13/h7-8,10,15H,3-6,9,11H2,1-2H3. The first-order chi connectivity index (χ1) is 8.79. The summed E-state index contributed by atoms with van der Waals surface area (Å²) < 4.78 is 4.73. The highest BCUT2D eigenvalue weighted by Gasteiger charge is 2.11. The van der Waals surface area contributed by atoms with Gasteiger partial charge in [0.2, 0.25) is 0 Å². The number of ether oxygens (including phenoxy) is 1. The summed E-state index contributed by atoms with van der Waals surface area (Å²) in [6.07, 6.45) is 6.62. The normalized spacial score (nSPS) is 10.3. The molecule has 0 saturated carbocycles. The van der Waals surface area contributed by atoms with Crippen molar-refractivity contribution in [2.24, 2.45) is 0 Å². The first kappa shape index (κ1) is 14.6. The Hall–Kier alpha value is -1.42. The van der Waals surface area contributed by atoms with E-state index in [0.29, 0.717) is 12.1 Å². The average Bonchev–Trinajstić information content (AvgIpc) is 2.42. The van der Waals surface area contributed by atoms with E-state index >= 15 is 0 Å². The number of carbonyl (C=O) groups excluding carboxylic acids is 1. The van der Waals surface area contributed by atoms with Crippen LogP contribution in [0.5, 0.6) is 0 Å². The zero-order chi connectivity index (χ0) is 13.2. The zero-order valence-electron chi connectivity index (χ0n) is 11.2. The fraction of sp³-hybridized carbons (Fsp3) is 0.571. The predicted octanol–water partition coefficient (Wildman–Crippen LogP) is 2.54. The molecule has 0 aliphatic carbocycles. The molecule has 1 aromatic rings. The number of hydrogen-bond donors (Lipinski definition) is 1. The van der Waals surface area contributed by atoms with E-state index in [-0.39, 0.29) is 5.97 Å². The number of carbonyl (C=O) groups is 1. The number of nitrogens with zero attached hydrogens (tertiary/aromatic N) is 1. The van der Waals surface area contributed by atoms with E-state index in [1.54, 1.807) is 18.3 Å². The lowest BCUT2D eigenvalue weighted by molar-refractivity contribution is 0.0598. The SMILES string of the molecule is CCCCCCNCc1ncccc1C(=O)OC. The quantitative estimate of drug-likeness (QED) is 0.569. The minimum Gasteiger partial charge on any atom is -0.465 e. The van der Waals surface area contributed by atoms with Gasteiger partial charge in [-0.2, -0.15) is 0 Å². The number of esters is 1.